The number of piperazine rings is 1. The molecule has 0 saturated carbocycles. The number of hydrogen-bond acceptors (Lipinski definition) is 9. The number of piperidine rings is 1. The van der Waals surface area contributed by atoms with Crippen LogP contribution in [0.2, 0.25) is 0 Å². The molecule has 33 heavy (non-hydrogen) atoms. The monoisotopic (exact) mass is 472 g/mol. The second kappa shape index (κ2) is 9.28. The summed E-state index contributed by atoms with van der Waals surface area (Å²) in [5.41, 5.74) is 1.38. The number of para-hydroxylation sites is 1. The largest absolute Gasteiger partial charge is 0.492 e. The van der Waals surface area contributed by atoms with E-state index in [1.807, 2.05) is 18.2 Å². The highest BCUT2D eigenvalue weighted by Crippen LogP contribution is 2.31. The molecule has 0 radical (unpaired) electrons. The van der Waals surface area contributed by atoms with Crippen molar-refractivity contribution in [2.24, 2.45) is 5.92 Å². The molecule has 0 N–H and O–H groups in total. The van der Waals surface area contributed by atoms with Crippen LogP contribution in [0.15, 0.2) is 47.1 Å². The maximum atomic E-state index is 11.1. The van der Waals surface area contributed by atoms with E-state index in [9.17, 15) is 8.42 Å². The third-order valence-corrected chi connectivity index (χ3v) is 6.91. The highest BCUT2D eigenvalue weighted by molar-refractivity contribution is 7.85. The van der Waals surface area contributed by atoms with Crippen LogP contribution in [0.5, 0.6) is 5.75 Å². The number of ether oxygens (including phenoxy) is 1. The van der Waals surface area contributed by atoms with E-state index in [0.717, 1.165) is 62.1 Å². The first kappa shape index (κ1) is 22.1. The fourth-order valence-electron chi connectivity index (χ4n) is 4.65. The van der Waals surface area contributed by atoms with Gasteiger partial charge in [-0.3, -0.25) is 14.1 Å². The highest BCUT2D eigenvalue weighted by Gasteiger charge is 2.34. The van der Waals surface area contributed by atoms with E-state index in [1.165, 1.54) is 0 Å². The van der Waals surface area contributed by atoms with E-state index in [1.54, 1.807) is 18.3 Å². The van der Waals surface area contributed by atoms with Gasteiger partial charge in [-0.1, -0.05) is 17.3 Å². The molecule has 2 saturated heterocycles. The van der Waals surface area contributed by atoms with Gasteiger partial charge in [-0.15, -0.1) is 0 Å². The van der Waals surface area contributed by atoms with Gasteiger partial charge < -0.3 is 14.2 Å². The Morgan fingerprint density at radius 2 is 2.00 bits per heavy atom. The molecular weight excluding hydrogens is 444 g/mol. The van der Waals surface area contributed by atoms with Gasteiger partial charge in [0.25, 0.3) is 10.1 Å². The predicted molar refractivity (Wildman–Crippen MR) is 124 cm³/mol. The molecule has 1 aromatic carbocycles. The van der Waals surface area contributed by atoms with Crippen LogP contribution in [0.25, 0.3) is 11.0 Å². The van der Waals surface area contributed by atoms with E-state index in [4.69, 9.17) is 13.4 Å². The minimum Gasteiger partial charge on any atom is -0.492 e. The van der Waals surface area contributed by atoms with Gasteiger partial charge in [0.1, 0.15) is 12.4 Å². The molecule has 5 rings (SSSR count). The van der Waals surface area contributed by atoms with Gasteiger partial charge in [0.05, 0.1) is 30.1 Å². The zero-order chi connectivity index (χ0) is 22.8. The Balaban J connectivity index is 1.11. The SMILES string of the molecule is CS(=O)(=O)OCc1ccc(OCC2CCC3CN(c4noc5ccccc45)CCN3C2)cn1. The smallest absolute Gasteiger partial charge is 0.264 e. The zero-order valence-corrected chi connectivity index (χ0v) is 19.4. The van der Waals surface area contributed by atoms with Crippen molar-refractivity contribution in [3.05, 3.63) is 48.3 Å². The van der Waals surface area contributed by atoms with Crippen LogP contribution in [0.3, 0.4) is 0 Å². The van der Waals surface area contributed by atoms with E-state index in [-0.39, 0.29) is 6.61 Å². The van der Waals surface area contributed by atoms with Gasteiger partial charge in [-0.2, -0.15) is 8.42 Å². The number of nitrogens with zero attached hydrogens (tertiary/aromatic N) is 4. The molecule has 0 bridgehead atoms. The van der Waals surface area contributed by atoms with Crippen molar-refractivity contribution in [1.29, 1.82) is 0 Å². The number of pyridine rings is 1. The normalized spacial score (nSPS) is 21.8. The molecule has 3 aromatic rings. The van der Waals surface area contributed by atoms with Crippen LogP contribution in [-0.2, 0) is 20.9 Å². The fraction of sp³-hybridized carbons (Fsp3) is 0.478. The number of hydrogen-bond donors (Lipinski definition) is 0. The lowest BCUT2D eigenvalue weighted by Crippen LogP contribution is -2.57. The lowest BCUT2D eigenvalue weighted by atomic mass is 9.91. The average Bonchev–Trinajstić information content (AvgIpc) is 3.25. The molecule has 2 atom stereocenters. The molecular formula is C23H28N4O5S. The zero-order valence-electron chi connectivity index (χ0n) is 18.6. The second-order valence-corrected chi connectivity index (χ2v) is 10.4. The summed E-state index contributed by atoms with van der Waals surface area (Å²) in [7, 11) is -3.48. The predicted octanol–water partition coefficient (Wildman–Crippen LogP) is 2.68. The average molecular weight is 473 g/mol. The van der Waals surface area contributed by atoms with Crippen molar-refractivity contribution in [3.63, 3.8) is 0 Å². The molecule has 176 valence electrons. The minimum atomic E-state index is -3.48. The Morgan fingerprint density at radius 1 is 1.12 bits per heavy atom. The summed E-state index contributed by atoms with van der Waals surface area (Å²) >= 11 is 0. The standard InChI is InChI=1S/C23H28N4O5S/c1-33(28,29)31-16-18-7-9-20(12-24-18)30-15-17-6-8-19-14-27(11-10-26(19)13-17)23-21-4-2-3-5-22(21)32-25-23/h2-5,7,9,12,17,19H,6,8,10-11,13-16H2,1H3. The van der Waals surface area contributed by atoms with Crippen LogP contribution in [-0.4, -0.2) is 68.5 Å². The van der Waals surface area contributed by atoms with E-state index < -0.39 is 10.1 Å². The van der Waals surface area contributed by atoms with Crippen LogP contribution in [0, 0.1) is 5.92 Å². The van der Waals surface area contributed by atoms with Gasteiger partial charge in [-0.05, 0) is 37.1 Å². The van der Waals surface area contributed by atoms with Gasteiger partial charge >= 0.3 is 0 Å². The van der Waals surface area contributed by atoms with Crippen molar-refractivity contribution in [1.82, 2.24) is 15.0 Å². The van der Waals surface area contributed by atoms with Crippen LogP contribution in [0.1, 0.15) is 18.5 Å². The third kappa shape index (κ3) is 5.29. The Hall–Kier alpha value is -2.69. The maximum Gasteiger partial charge on any atom is 0.264 e. The number of anilines is 1. The molecule has 2 aliphatic rings. The van der Waals surface area contributed by atoms with Crippen LogP contribution in [0.4, 0.5) is 5.82 Å². The van der Waals surface area contributed by atoms with Crippen molar-refractivity contribution < 1.29 is 21.9 Å². The molecule has 2 aromatic heterocycles. The first-order chi connectivity index (χ1) is 15.9. The van der Waals surface area contributed by atoms with Gasteiger partial charge in [0.2, 0.25) is 0 Å². The Kier molecular flexibility index (Phi) is 6.22. The van der Waals surface area contributed by atoms with Gasteiger partial charge in [-0.25, -0.2) is 0 Å². The Labute approximate surface area is 193 Å². The Morgan fingerprint density at radius 3 is 2.82 bits per heavy atom. The molecule has 2 fully saturated rings. The van der Waals surface area contributed by atoms with E-state index in [2.05, 4.69) is 26.0 Å². The molecule has 0 aliphatic carbocycles. The lowest BCUT2D eigenvalue weighted by molar-refractivity contribution is 0.0726. The van der Waals surface area contributed by atoms with E-state index in [0.29, 0.717) is 30.0 Å². The summed E-state index contributed by atoms with van der Waals surface area (Å²) in [5, 5.41) is 5.41. The molecule has 2 aliphatic heterocycles. The number of benzene rings is 1. The van der Waals surface area contributed by atoms with Gasteiger partial charge in [0, 0.05) is 38.1 Å². The topological polar surface area (TPSA) is 98.0 Å². The number of rotatable bonds is 7. The summed E-state index contributed by atoms with van der Waals surface area (Å²) in [5.74, 6) is 2.10. The number of aromatic nitrogens is 2. The summed E-state index contributed by atoms with van der Waals surface area (Å²) in [6, 6.07) is 12.1. The second-order valence-electron chi connectivity index (χ2n) is 8.80. The summed E-state index contributed by atoms with van der Waals surface area (Å²) in [6.45, 7) is 4.48. The minimum absolute atomic E-state index is 0.0702. The molecule has 10 heteroatoms. The maximum absolute atomic E-state index is 11.1. The summed E-state index contributed by atoms with van der Waals surface area (Å²) in [6.07, 6.45) is 4.88. The first-order valence-corrected chi connectivity index (χ1v) is 13.0. The molecule has 0 spiro atoms. The van der Waals surface area contributed by atoms with Crippen LogP contribution >= 0.6 is 0 Å². The Bertz CT molecular complexity index is 1200. The molecule has 0 amide bonds. The van der Waals surface area contributed by atoms with Crippen molar-refractivity contribution in [2.45, 2.75) is 25.5 Å². The third-order valence-electron chi connectivity index (χ3n) is 6.37. The quantitative estimate of drug-likeness (QED) is 0.481. The molecule has 4 heterocycles. The molecule has 9 nitrogen and oxygen atoms in total. The summed E-state index contributed by atoms with van der Waals surface area (Å²) < 4.78 is 38.4. The van der Waals surface area contributed by atoms with E-state index >= 15 is 0 Å². The lowest BCUT2D eigenvalue weighted by Gasteiger charge is -2.46. The molecule has 2 unspecified atom stereocenters. The first-order valence-electron chi connectivity index (χ1n) is 11.2. The number of fused-ring (bicyclic) bond motifs is 2. The van der Waals surface area contributed by atoms with Crippen molar-refractivity contribution in [3.8, 4) is 5.75 Å². The van der Waals surface area contributed by atoms with Gasteiger partial charge in [0.15, 0.2) is 11.4 Å². The van der Waals surface area contributed by atoms with Crippen LogP contribution < -0.4 is 9.64 Å². The summed E-state index contributed by atoms with van der Waals surface area (Å²) in [4.78, 5) is 9.14. The highest BCUT2D eigenvalue weighted by atomic mass is 32.2. The van der Waals surface area contributed by atoms with Crippen molar-refractivity contribution >= 4 is 26.9 Å². The fourth-order valence-corrected chi connectivity index (χ4v) is 4.99. The van der Waals surface area contributed by atoms with Crippen molar-refractivity contribution in [2.75, 3.05) is 43.9 Å².